The Hall–Kier alpha value is -0.710. The van der Waals surface area contributed by atoms with Crippen molar-refractivity contribution in [2.75, 3.05) is 27.2 Å². The minimum Gasteiger partial charge on any atom is -0.308 e. The minimum absolute atomic E-state index is 0.885. The number of nitrogens with zero attached hydrogens (tertiary/aromatic N) is 2. The van der Waals surface area contributed by atoms with Crippen LogP contribution in [0.4, 0.5) is 0 Å². The second-order valence-electron chi connectivity index (χ2n) is 3.60. The van der Waals surface area contributed by atoms with Crippen LogP contribution in [0.15, 0.2) is 29.3 Å². The zero-order valence-corrected chi connectivity index (χ0v) is 10.6. The molecule has 0 aliphatic carbocycles. The fourth-order valence-corrected chi connectivity index (χ4v) is 3.51. The van der Waals surface area contributed by atoms with E-state index in [2.05, 4.69) is 48.3 Å². The quantitative estimate of drug-likeness (QED) is 0.802. The Morgan fingerprint density at radius 1 is 1.13 bits per heavy atom. The highest BCUT2D eigenvalue weighted by Gasteiger charge is 1.96. The van der Waals surface area contributed by atoms with Crippen molar-refractivity contribution in [1.29, 1.82) is 0 Å². The fraction of sp³-hybridized carbons (Fsp3) is 0.364. The Labute approximate surface area is 97.5 Å². The highest BCUT2D eigenvalue weighted by atomic mass is 32.2. The van der Waals surface area contributed by atoms with Crippen molar-refractivity contribution in [3.63, 3.8) is 0 Å². The summed E-state index contributed by atoms with van der Waals surface area (Å²) in [5.74, 6) is 0. The molecule has 0 unspecified atom stereocenters. The van der Waals surface area contributed by atoms with Gasteiger partial charge in [0.15, 0.2) is 3.98 Å². The van der Waals surface area contributed by atoms with Crippen molar-refractivity contribution in [3.05, 3.63) is 28.3 Å². The molecule has 1 aromatic heterocycles. The van der Waals surface area contributed by atoms with Crippen LogP contribution < -0.4 is 3.98 Å². The Balaban J connectivity index is 2.21. The van der Waals surface area contributed by atoms with Crippen LogP contribution in [0.3, 0.4) is 0 Å². The van der Waals surface area contributed by atoms with E-state index in [1.54, 1.807) is 22.7 Å². The Bertz CT molecular complexity index is 460. The first-order valence-corrected chi connectivity index (χ1v) is 6.53. The predicted molar refractivity (Wildman–Crippen MR) is 68.7 cm³/mol. The van der Waals surface area contributed by atoms with Crippen LogP contribution in [0, 0.1) is 0 Å². The van der Waals surface area contributed by atoms with E-state index in [4.69, 9.17) is 0 Å². The van der Waals surface area contributed by atoms with Gasteiger partial charge in [-0.25, -0.2) is 0 Å². The molecular formula is C11H14N2S2. The maximum absolute atomic E-state index is 4.58. The van der Waals surface area contributed by atoms with Crippen LogP contribution in [-0.4, -0.2) is 32.1 Å². The van der Waals surface area contributed by atoms with Gasteiger partial charge in [-0.1, -0.05) is 12.1 Å². The van der Waals surface area contributed by atoms with Crippen molar-refractivity contribution < 1.29 is 0 Å². The third kappa shape index (κ3) is 2.87. The number of rotatable bonds is 3. The van der Waals surface area contributed by atoms with E-state index in [1.165, 1.54) is 13.4 Å². The maximum atomic E-state index is 4.58. The lowest BCUT2D eigenvalue weighted by Gasteiger charge is -2.04. The van der Waals surface area contributed by atoms with Crippen molar-refractivity contribution in [2.24, 2.45) is 4.99 Å². The normalized spacial score (nSPS) is 11.1. The van der Waals surface area contributed by atoms with E-state index in [1.807, 2.05) is 0 Å². The molecule has 1 aromatic carbocycles. The molecule has 0 fully saturated rings. The summed E-state index contributed by atoms with van der Waals surface area (Å²) in [6.45, 7) is 1.90. The first-order valence-electron chi connectivity index (χ1n) is 4.89. The standard InChI is InChI=1S/C11H14N2S2/c1-13(2)8-7-12-11-14-9-5-3-4-6-10(9)15-11/h3-6H,7-8H2,1-2H3. The van der Waals surface area contributed by atoms with Gasteiger partial charge in [0.1, 0.15) is 0 Å². The van der Waals surface area contributed by atoms with Crippen molar-refractivity contribution in [1.82, 2.24) is 4.90 Å². The summed E-state index contributed by atoms with van der Waals surface area (Å²) in [5, 5.41) is 0. The summed E-state index contributed by atoms with van der Waals surface area (Å²) < 4.78 is 3.86. The molecule has 0 N–H and O–H groups in total. The average molecular weight is 238 g/mol. The Morgan fingerprint density at radius 3 is 2.27 bits per heavy atom. The molecular weight excluding hydrogens is 224 g/mol. The molecule has 2 nitrogen and oxygen atoms in total. The summed E-state index contributed by atoms with van der Waals surface area (Å²) in [5.41, 5.74) is 0. The lowest BCUT2D eigenvalue weighted by Crippen LogP contribution is -2.16. The van der Waals surface area contributed by atoms with Gasteiger partial charge in [-0.05, 0) is 26.2 Å². The maximum Gasteiger partial charge on any atom is 0.167 e. The lowest BCUT2D eigenvalue weighted by atomic mass is 10.4. The number of hydrogen-bond acceptors (Lipinski definition) is 4. The van der Waals surface area contributed by atoms with Crippen LogP contribution in [0.25, 0.3) is 9.40 Å². The molecule has 0 saturated carbocycles. The van der Waals surface area contributed by atoms with E-state index >= 15 is 0 Å². The van der Waals surface area contributed by atoms with Gasteiger partial charge in [-0.2, -0.15) is 0 Å². The van der Waals surface area contributed by atoms with Gasteiger partial charge in [0.05, 0.1) is 6.54 Å². The second kappa shape index (κ2) is 4.88. The molecule has 0 saturated heterocycles. The SMILES string of the molecule is CN(C)CCN=c1sc2ccccc2s1. The molecule has 15 heavy (non-hydrogen) atoms. The Morgan fingerprint density at radius 2 is 1.73 bits per heavy atom. The van der Waals surface area contributed by atoms with E-state index < -0.39 is 0 Å². The molecule has 0 radical (unpaired) electrons. The highest BCUT2D eigenvalue weighted by molar-refractivity contribution is 7.35. The molecule has 0 bridgehead atoms. The van der Waals surface area contributed by atoms with Crippen LogP contribution in [0.1, 0.15) is 0 Å². The molecule has 0 aliphatic heterocycles. The highest BCUT2D eigenvalue weighted by Crippen LogP contribution is 2.19. The zero-order valence-electron chi connectivity index (χ0n) is 8.93. The fourth-order valence-electron chi connectivity index (χ4n) is 1.23. The summed E-state index contributed by atoms with van der Waals surface area (Å²) in [7, 11) is 4.15. The zero-order chi connectivity index (χ0) is 10.7. The van der Waals surface area contributed by atoms with E-state index in [0.717, 1.165) is 13.1 Å². The molecule has 0 aliphatic rings. The third-order valence-corrected chi connectivity index (χ3v) is 4.42. The van der Waals surface area contributed by atoms with Crippen LogP contribution >= 0.6 is 22.7 Å². The van der Waals surface area contributed by atoms with Gasteiger partial charge in [-0.15, -0.1) is 22.7 Å². The predicted octanol–water partition coefficient (Wildman–Crippen LogP) is 2.43. The van der Waals surface area contributed by atoms with Gasteiger partial charge in [-0.3, -0.25) is 4.99 Å². The van der Waals surface area contributed by atoms with E-state index in [9.17, 15) is 0 Å². The van der Waals surface area contributed by atoms with Crippen molar-refractivity contribution in [2.45, 2.75) is 0 Å². The first kappa shape index (κ1) is 10.8. The van der Waals surface area contributed by atoms with Gasteiger partial charge >= 0.3 is 0 Å². The van der Waals surface area contributed by atoms with E-state index in [0.29, 0.717) is 0 Å². The lowest BCUT2D eigenvalue weighted by molar-refractivity contribution is 0.419. The topological polar surface area (TPSA) is 15.6 Å². The third-order valence-electron chi connectivity index (χ3n) is 2.03. The largest absolute Gasteiger partial charge is 0.308 e. The minimum atomic E-state index is 0.885. The molecule has 0 atom stereocenters. The van der Waals surface area contributed by atoms with Crippen molar-refractivity contribution in [3.8, 4) is 0 Å². The van der Waals surface area contributed by atoms with Crippen LogP contribution in [0.5, 0.6) is 0 Å². The summed E-state index contributed by atoms with van der Waals surface area (Å²) >= 11 is 3.56. The van der Waals surface area contributed by atoms with Crippen LogP contribution in [-0.2, 0) is 0 Å². The van der Waals surface area contributed by atoms with Crippen molar-refractivity contribution >= 4 is 32.1 Å². The molecule has 1 heterocycles. The Kier molecular flexibility index (Phi) is 3.51. The number of fused-ring (bicyclic) bond motifs is 1. The summed E-state index contributed by atoms with van der Waals surface area (Å²) in [6, 6.07) is 8.47. The number of benzene rings is 1. The molecule has 2 rings (SSSR count). The summed E-state index contributed by atoms with van der Waals surface area (Å²) in [6.07, 6.45) is 0. The van der Waals surface area contributed by atoms with E-state index in [-0.39, 0.29) is 0 Å². The molecule has 0 amide bonds. The van der Waals surface area contributed by atoms with Gasteiger partial charge in [0.25, 0.3) is 0 Å². The molecule has 80 valence electrons. The average Bonchev–Trinajstić information content (AvgIpc) is 2.59. The molecule has 0 spiro atoms. The summed E-state index contributed by atoms with van der Waals surface area (Å²) in [4.78, 5) is 6.73. The van der Waals surface area contributed by atoms with Gasteiger partial charge in [0.2, 0.25) is 0 Å². The number of likely N-dealkylation sites (N-methyl/N-ethyl adjacent to an activating group) is 1. The molecule has 4 heteroatoms. The monoisotopic (exact) mass is 238 g/mol. The first-order chi connectivity index (χ1) is 7.25. The van der Waals surface area contributed by atoms with Gasteiger partial charge < -0.3 is 4.90 Å². The van der Waals surface area contributed by atoms with Gasteiger partial charge in [0, 0.05) is 15.9 Å². The smallest absolute Gasteiger partial charge is 0.167 e. The molecule has 2 aromatic rings. The second-order valence-corrected chi connectivity index (χ2v) is 5.92. The number of hydrogen-bond donors (Lipinski definition) is 0. The van der Waals surface area contributed by atoms with Crippen LogP contribution in [0.2, 0.25) is 0 Å².